The van der Waals surface area contributed by atoms with Crippen LogP contribution in [0.1, 0.15) is 20.8 Å². The number of fused-ring (bicyclic) bond motifs is 1. The molecule has 1 aliphatic rings. The highest BCUT2D eigenvalue weighted by atomic mass is 16.6. The number of hydrogen-bond donors (Lipinski definition) is 2. The smallest absolute Gasteiger partial charge is 0.191 e. The van der Waals surface area contributed by atoms with Gasteiger partial charge in [-0.1, -0.05) is 26.0 Å². The van der Waals surface area contributed by atoms with Crippen molar-refractivity contribution in [3.05, 3.63) is 24.3 Å². The van der Waals surface area contributed by atoms with Gasteiger partial charge in [0.05, 0.1) is 6.54 Å². The Hall–Kier alpha value is -1.95. The Morgan fingerprint density at radius 3 is 2.62 bits per heavy atom. The predicted octanol–water partition coefficient (Wildman–Crippen LogP) is 1.72. The number of aliphatic imine (C=N–C) groups is 1. The maximum atomic E-state index is 5.95. The molecular formula is C18H30N4O2. The first-order valence-corrected chi connectivity index (χ1v) is 8.74. The maximum absolute atomic E-state index is 5.95. The van der Waals surface area contributed by atoms with E-state index < -0.39 is 0 Å². The third-order valence-electron chi connectivity index (χ3n) is 4.29. The zero-order valence-electron chi connectivity index (χ0n) is 15.2. The third kappa shape index (κ3) is 5.03. The fourth-order valence-electron chi connectivity index (χ4n) is 2.82. The van der Waals surface area contributed by atoms with Crippen LogP contribution in [0.5, 0.6) is 11.5 Å². The van der Waals surface area contributed by atoms with Crippen LogP contribution < -0.4 is 20.1 Å². The van der Waals surface area contributed by atoms with E-state index in [2.05, 4.69) is 41.3 Å². The fraction of sp³-hybridized carbons (Fsp3) is 0.611. The standard InChI is InChI=1S/C18H30N4O2/c1-5-22(6-2)14(3)11-20-18(19-4)21-12-15-13-23-16-9-7-8-10-17(16)24-15/h7-10,14-15H,5-6,11-13H2,1-4H3,(H2,19,20,21). The number of benzene rings is 1. The van der Waals surface area contributed by atoms with Crippen molar-refractivity contribution in [2.45, 2.75) is 32.9 Å². The van der Waals surface area contributed by atoms with Crippen LogP contribution in [0, 0.1) is 0 Å². The van der Waals surface area contributed by atoms with Crippen molar-refractivity contribution in [1.82, 2.24) is 15.5 Å². The second kappa shape index (κ2) is 9.37. The Morgan fingerprint density at radius 1 is 1.25 bits per heavy atom. The minimum atomic E-state index is -0.0290. The molecule has 6 heteroatoms. The average Bonchev–Trinajstić information content (AvgIpc) is 2.62. The van der Waals surface area contributed by atoms with Crippen LogP contribution in [0.4, 0.5) is 0 Å². The molecule has 0 spiro atoms. The van der Waals surface area contributed by atoms with E-state index in [1.165, 1.54) is 0 Å². The molecule has 1 aromatic rings. The van der Waals surface area contributed by atoms with E-state index in [4.69, 9.17) is 9.47 Å². The third-order valence-corrected chi connectivity index (χ3v) is 4.29. The topological polar surface area (TPSA) is 58.1 Å². The van der Waals surface area contributed by atoms with E-state index in [0.717, 1.165) is 37.1 Å². The quantitative estimate of drug-likeness (QED) is 0.587. The van der Waals surface area contributed by atoms with Gasteiger partial charge in [-0.3, -0.25) is 9.89 Å². The lowest BCUT2D eigenvalue weighted by molar-refractivity contribution is 0.0936. The summed E-state index contributed by atoms with van der Waals surface area (Å²) in [5.41, 5.74) is 0. The van der Waals surface area contributed by atoms with Crippen molar-refractivity contribution in [2.75, 3.05) is 39.8 Å². The summed E-state index contributed by atoms with van der Waals surface area (Å²) in [7, 11) is 1.78. The summed E-state index contributed by atoms with van der Waals surface area (Å²) in [4.78, 5) is 6.69. The monoisotopic (exact) mass is 334 g/mol. The summed E-state index contributed by atoms with van der Waals surface area (Å²) in [6.45, 7) is 10.7. The summed E-state index contributed by atoms with van der Waals surface area (Å²) in [6.07, 6.45) is -0.0290. The van der Waals surface area contributed by atoms with Crippen molar-refractivity contribution in [2.24, 2.45) is 4.99 Å². The van der Waals surface area contributed by atoms with Crippen molar-refractivity contribution in [1.29, 1.82) is 0 Å². The minimum Gasteiger partial charge on any atom is -0.486 e. The lowest BCUT2D eigenvalue weighted by atomic mass is 10.2. The molecule has 134 valence electrons. The first-order valence-electron chi connectivity index (χ1n) is 8.74. The summed E-state index contributed by atoms with van der Waals surface area (Å²) in [5, 5.41) is 6.69. The Bertz CT molecular complexity index is 532. The van der Waals surface area contributed by atoms with Gasteiger partial charge in [0.25, 0.3) is 0 Å². The van der Waals surface area contributed by atoms with Gasteiger partial charge in [0.1, 0.15) is 12.7 Å². The lowest BCUT2D eigenvalue weighted by Crippen LogP contribution is -2.49. The average molecular weight is 334 g/mol. The number of nitrogens with zero attached hydrogens (tertiary/aromatic N) is 2. The molecule has 6 nitrogen and oxygen atoms in total. The predicted molar refractivity (Wildman–Crippen MR) is 98.1 cm³/mol. The zero-order chi connectivity index (χ0) is 17.4. The molecule has 2 N–H and O–H groups in total. The van der Waals surface area contributed by atoms with E-state index in [1.807, 2.05) is 24.3 Å². The van der Waals surface area contributed by atoms with Crippen molar-refractivity contribution < 1.29 is 9.47 Å². The fourth-order valence-corrected chi connectivity index (χ4v) is 2.82. The molecule has 2 rings (SSSR count). The number of ether oxygens (including phenoxy) is 2. The number of hydrogen-bond acceptors (Lipinski definition) is 4. The number of guanidine groups is 1. The maximum Gasteiger partial charge on any atom is 0.191 e. The molecule has 1 aliphatic heterocycles. The second-order valence-corrected chi connectivity index (χ2v) is 5.90. The summed E-state index contributed by atoms with van der Waals surface area (Å²) < 4.78 is 11.7. The van der Waals surface area contributed by atoms with Gasteiger partial charge in [-0.05, 0) is 32.1 Å². The SMILES string of the molecule is CCN(CC)C(C)CNC(=NC)NCC1COc2ccccc2O1. The highest BCUT2D eigenvalue weighted by molar-refractivity contribution is 5.79. The van der Waals surface area contributed by atoms with Gasteiger partial charge in [-0.25, -0.2) is 0 Å². The number of rotatable bonds is 7. The van der Waals surface area contributed by atoms with Gasteiger partial charge in [-0.15, -0.1) is 0 Å². The van der Waals surface area contributed by atoms with Crippen LogP contribution >= 0.6 is 0 Å². The molecule has 2 atom stereocenters. The molecule has 0 amide bonds. The number of likely N-dealkylation sites (N-methyl/N-ethyl adjacent to an activating group) is 1. The highest BCUT2D eigenvalue weighted by Crippen LogP contribution is 2.30. The largest absolute Gasteiger partial charge is 0.486 e. The summed E-state index contributed by atoms with van der Waals surface area (Å²) in [5.74, 6) is 2.40. The zero-order valence-corrected chi connectivity index (χ0v) is 15.2. The normalized spacial score (nSPS) is 18.4. The molecule has 0 saturated heterocycles. The van der Waals surface area contributed by atoms with Crippen molar-refractivity contribution in [3.63, 3.8) is 0 Å². The molecule has 0 bridgehead atoms. The molecule has 1 aromatic carbocycles. The van der Waals surface area contributed by atoms with E-state index in [1.54, 1.807) is 7.05 Å². The van der Waals surface area contributed by atoms with Gasteiger partial charge in [-0.2, -0.15) is 0 Å². The van der Waals surface area contributed by atoms with Crippen molar-refractivity contribution >= 4 is 5.96 Å². The number of nitrogens with one attached hydrogen (secondary N) is 2. The van der Waals surface area contributed by atoms with Crippen LogP contribution in [0.3, 0.4) is 0 Å². The molecule has 0 radical (unpaired) electrons. The molecule has 2 unspecified atom stereocenters. The lowest BCUT2D eigenvalue weighted by Gasteiger charge is -2.28. The van der Waals surface area contributed by atoms with Crippen LogP contribution in [-0.2, 0) is 0 Å². The van der Waals surface area contributed by atoms with Crippen LogP contribution in [0.2, 0.25) is 0 Å². The highest BCUT2D eigenvalue weighted by Gasteiger charge is 2.20. The summed E-state index contributed by atoms with van der Waals surface area (Å²) in [6, 6.07) is 8.21. The Kier molecular flexibility index (Phi) is 7.18. The van der Waals surface area contributed by atoms with Crippen LogP contribution in [-0.4, -0.2) is 62.8 Å². The molecular weight excluding hydrogens is 304 g/mol. The Balaban J connectivity index is 1.76. The first kappa shape index (κ1) is 18.4. The minimum absolute atomic E-state index is 0.0290. The molecule has 0 saturated carbocycles. The van der Waals surface area contributed by atoms with Crippen LogP contribution in [0.25, 0.3) is 0 Å². The second-order valence-electron chi connectivity index (χ2n) is 5.90. The van der Waals surface area contributed by atoms with Crippen molar-refractivity contribution in [3.8, 4) is 11.5 Å². The van der Waals surface area contributed by atoms with Gasteiger partial charge in [0.2, 0.25) is 0 Å². The Labute approximate surface area is 145 Å². The molecule has 0 aliphatic carbocycles. The number of para-hydroxylation sites is 2. The molecule has 0 aromatic heterocycles. The molecule has 1 heterocycles. The molecule has 24 heavy (non-hydrogen) atoms. The van der Waals surface area contributed by atoms with Gasteiger partial charge in [0, 0.05) is 19.6 Å². The van der Waals surface area contributed by atoms with Gasteiger partial charge >= 0.3 is 0 Å². The van der Waals surface area contributed by atoms with E-state index in [9.17, 15) is 0 Å². The van der Waals surface area contributed by atoms with Gasteiger partial charge < -0.3 is 20.1 Å². The van der Waals surface area contributed by atoms with E-state index >= 15 is 0 Å². The van der Waals surface area contributed by atoms with Gasteiger partial charge in [0.15, 0.2) is 17.5 Å². The Morgan fingerprint density at radius 2 is 1.96 bits per heavy atom. The van der Waals surface area contributed by atoms with Crippen LogP contribution in [0.15, 0.2) is 29.3 Å². The first-order chi connectivity index (χ1) is 11.7. The summed E-state index contributed by atoms with van der Waals surface area (Å²) >= 11 is 0. The molecule has 0 fully saturated rings. The van der Waals surface area contributed by atoms with E-state index in [0.29, 0.717) is 19.2 Å². The van der Waals surface area contributed by atoms with E-state index in [-0.39, 0.29) is 6.10 Å².